The van der Waals surface area contributed by atoms with Crippen molar-refractivity contribution in [1.29, 1.82) is 0 Å². The van der Waals surface area contributed by atoms with Crippen molar-refractivity contribution in [3.05, 3.63) is 27.8 Å². The van der Waals surface area contributed by atoms with Crippen molar-refractivity contribution in [3.63, 3.8) is 0 Å². The van der Waals surface area contributed by atoms with Crippen LogP contribution >= 0.6 is 22.6 Å². The molecule has 0 saturated carbocycles. The Balaban J connectivity index is 1.86. The van der Waals surface area contributed by atoms with Crippen molar-refractivity contribution in [2.45, 2.75) is 39.3 Å². The van der Waals surface area contributed by atoms with Crippen LogP contribution in [-0.4, -0.2) is 59.7 Å². The Kier molecular flexibility index (Phi) is 6.53. The van der Waals surface area contributed by atoms with E-state index in [1.807, 2.05) is 52.0 Å². The highest BCUT2D eigenvalue weighted by Crippen LogP contribution is 2.17. The third-order valence-electron chi connectivity index (χ3n) is 3.76. The summed E-state index contributed by atoms with van der Waals surface area (Å²) in [5, 5.41) is 0. The molecule has 1 aromatic rings. The van der Waals surface area contributed by atoms with Gasteiger partial charge in [-0.25, -0.2) is 4.79 Å². The molecule has 0 spiro atoms. The minimum Gasteiger partial charge on any atom is -0.484 e. The van der Waals surface area contributed by atoms with Crippen molar-refractivity contribution in [3.8, 4) is 5.75 Å². The summed E-state index contributed by atoms with van der Waals surface area (Å²) in [5.41, 5.74) is -0.520. The molecule has 6 nitrogen and oxygen atoms in total. The molecule has 0 bridgehead atoms. The second kappa shape index (κ2) is 8.25. The first-order chi connectivity index (χ1) is 11.7. The van der Waals surface area contributed by atoms with Crippen molar-refractivity contribution in [2.24, 2.45) is 0 Å². The monoisotopic (exact) mass is 460 g/mol. The van der Waals surface area contributed by atoms with Gasteiger partial charge in [-0.3, -0.25) is 4.79 Å². The van der Waals surface area contributed by atoms with Gasteiger partial charge in [0.15, 0.2) is 6.61 Å². The van der Waals surface area contributed by atoms with Crippen molar-refractivity contribution in [1.82, 2.24) is 9.80 Å². The van der Waals surface area contributed by atoms with Gasteiger partial charge in [0.2, 0.25) is 0 Å². The molecule has 0 radical (unpaired) electrons. The fraction of sp³-hybridized carbons (Fsp3) is 0.556. The summed E-state index contributed by atoms with van der Waals surface area (Å²) in [6.07, 6.45) is -0.332. The summed E-state index contributed by atoms with van der Waals surface area (Å²) >= 11 is 2.20. The average molecular weight is 460 g/mol. The Hall–Kier alpha value is -1.51. The van der Waals surface area contributed by atoms with Gasteiger partial charge in [-0.05, 0) is 68.5 Å². The SMILES string of the molecule is C[C@@H]1CN(C(=O)OC(C)(C)C)CCN1C(=O)COc1cccc(I)c1. The molecule has 25 heavy (non-hydrogen) atoms. The van der Waals surface area contributed by atoms with Gasteiger partial charge in [0.25, 0.3) is 5.91 Å². The Labute approximate surface area is 162 Å². The Bertz CT molecular complexity index is 630. The summed E-state index contributed by atoms with van der Waals surface area (Å²) < 4.78 is 12.0. The van der Waals surface area contributed by atoms with E-state index in [-0.39, 0.29) is 24.6 Å². The fourth-order valence-corrected chi connectivity index (χ4v) is 3.12. The van der Waals surface area contributed by atoms with E-state index in [2.05, 4.69) is 22.6 Å². The van der Waals surface area contributed by atoms with Gasteiger partial charge in [-0.2, -0.15) is 0 Å². The maximum atomic E-state index is 12.4. The fourth-order valence-electron chi connectivity index (χ4n) is 2.61. The van der Waals surface area contributed by atoms with E-state index in [0.29, 0.717) is 25.4 Å². The Morgan fingerprint density at radius 3 is 2.60 bits per heavy atom. The number of amides is 2. The van der Waals surface area contributed by atoms with Crippen LogP contribution in [0.3, 0.4) is 0 Å². The summed E-state index contributed by atoms with van der Waals surface area (Å²) in [7, 11) is 0. The zero-order valence-electron chi connectivity index (χ0n) is 15.1. The number of carbonyl (C=O) groups excluding carboxylic acids is 2. The van der Waals surface area contributed by atoms with Crippen LogP contribution in [0.25, 0.3) is 0 Å². The van der Waals surface area contributed by atoms with E-state index in [1.165, 1.54) is 0 Å². The van der Waals surface area contributed by atoms with Gasteiger partial charge in [-0.15, -0.1) is 0 Å². The van der Waals surface area contributed by atoms with Crippen molar-refractivity contribution >= 4 is 34.6 Å². The lowest BCUT2D eigenvalue weighted by Gasteiger charge is -2.40. The normalized spacial score (nSPS) is 18.0. The first-order valence-corrected chi connectivity index (χ1v) is 9.39. The molecule has 7 heteroatoms. The molecule has 138 valence electrons. The van der Waals surface area contributed by atoms with E-state index < -0.39 is 5.60 Å². The lowest BCUT2D eigenvalue weighted by Crippen LogP contribution is -2.56. The zero-order chi connectivity index (χ0) is 18.6. The zero-order valence-corrected chi connectivity index (χ0v) is 17.3. The number of rotatable bonds is 3. The van der Waals surface area contributed by atoms with Crippen LogP contribution in [0.4, 0.5) is 4.79 Å². The lowest BCUT2D eigenvalue weighted by molar-refractivity contribution is -0.137. The van der Waals surface area contributed by atoms with Crippen LogP contribution in [0.15, 0.2) is 24.3 Å². The molecule has 1 saturated heterocycles. The van der Waals surface area contributed by atoms with Gasteiger partial charge in [0, 0.05) is 29.2 Å². The minimum atomic E-state index is -0.520. The summed E-state index contributed by atoms with van der Waals surface area (Å²) in [5.74, 6) is 0.607. The highest BCUT2D eigenvalue weighted by Gasteiger charge is 2.32. The molecule has 1 fully saturated rings. The van der Waals surface area contributed by atoms with E-state index >= 15 is 0 Å². The molecule has 1 heterocycles. The Morgan fingerprint density at radius 1 is 1.28 bits per heavy atom. The standard InChI is InChI=1S/C18H25IN2O4/c1-13-11-20(17(23)25-18(2,3)4)8-9-21(13)16(22)12-24-15-7-5-6-14(19)10-15/h5-7,10,13H,8-9,11-12H2,1-4H3/t13-/m1/s1. The topological polar surface area (TPSA) is 59.1 Å². The molecule has 0 aromatic heterocycles. The van der Waals surface area contributed by atoms with Gasteiger partial charge in [0.05, 0.1) is 0 Å². The molecule has 0 unspecified atom stereocenters. The van der Waals surface area contributed by atoms with Gasteiger partial charge < -0.3 is 19.3 Å². The molecule has 0 aliphatic carbocycles. The van der Waals surface area contributed by atoms with E-state index in [9.17, 15) is 9.59 Å². The largest absolute Gasteiger partial charge is 0.484 e. The minimum absolute atomic E-state index is 0.00310. The molecule has 0 N–H and O–H groups in total. The number of hydrogen-bond acceptors (Lipinski definition) is 4. The highest BCUT2D eigenvalue weighted by atomic mass is 127. The maximum absolute atomic E-state index is 12.4. The van der Waals surface area contributed by atoms with Crippen LogP contribution in [0, 0.1) is 3.57 Å². The highest BCUT2D eigenvalue weighted by molar-refractivity contribution is 14.1. The predicted octanol–water partition coefficient (Wildman–Crippen LogP) is 3.14. The third kappa shape index (κ3) is 6.05. The lowest BCUT2D eigenvalue weighted by atomic mass is 10.2. The van der Waals surface area contributed by atoms with Crippen LogP contribution in [-0.2, 0) is 9.53 Å². The molecule has 2 rings (SSSR count). The second-order valence-electron chi connectivity index (χ2n) is 7.11. The number of carbonyl (C=O) groups is 2. The first-order valence-electron chi connectivity index (χ1n) is 8.31. The van der Waals surface area contributed by atoms with E-state index in [0.717, 1.165) is 3.57 Å². The van der Waals surface area contributed by atoms with Crippen LogP contribution in [0.5, 0.6) is 5.75 Å². The molecule has 1 aliphatic rings. The smallest absolute Gasteiger partial charge is 0.410 e. The average Bonchev–Trinajstić information content (AvgIpc) is 2.51. The van der Waals surface area contributed by atoms with Crippen LogP contribution < -0.4 is 4.74 Å². The van der Waals surface area contributed by atoms with Gasteiger partial charge in [-0.1, -0.05) is 6.07 Å². The van der Waals surface area contributed by atoms with Crippen LogP contribution in [0.1, 0.15) is 27.7 Å². The van der Waals surface area contributed by atoms with Gasteiger partial charge >= 0.3 is 6.09 Å². The van der Waals surface area contributed by atoms with E-state index in [4.69, 9.17) is 9.47 Å². The molecule has 1 aromatic carbocycles. The number of halogens is 1. The number of nitrogens with zero attached hydrogens (tertiary/aromatic N) is 2. The first kappa shape index (κ1) is 19.8. The summed E-state index contributed by atoms with van der Waals surface area (Å²) in [4.78, 5) is 28.0. The van der Waals surface area contributed by atoms with Crippen molar-refractivity contribution < 1.29 is 19.1 Å². The number of hydrogen-bond donors (Lipinski definition) is 0. The number of ether oxygens (including phenoxy) is 2. The number of piperazine rings is 1. The predicted molar refractivity (Wildman–Crippen MR) is 104 cm³/mol. The number of benzene rings is 1. The van der Waals surface area contributed by atoms with Crippen molar-refractivity contribution in [2.75, 3.05) is 26.2 Å². The summed E-state index contributed by atoms with van der Waals surface area (Å²) in [6, 6.07) is 7.50. The second-order valence-corrected chi connectivity index (χ2v) is 8.35. The van der Waals surface area contributed by atoms with Gasteiger partial charge in [0.1, 0.15) is 11.4 Å². The van der Waals surface area contributed by atoms with E-state index in [1.54, 1.807) is 9.80 Å². The molecule has 1 atom stereocenters. The Morgan fingerprint density at radius 2 is 2.00 bits per heavy atom. The molecular weight excluding hydrogens is 435 g/mol. The molecular formula is C18H25IN2O4. The van der Waals surface area contributed by atoms with Crippen LogP contribution in [0.2, 0.25) is 0 Å². The molecule has 2 amide bonds. The maximum Gasteiger partial charge on any atom is 0.410 e. The quantitative estimate of drug-likeness (QED) is 0.651. The third-order valence-corrected chi connectivity index (χ3v) is 4.43. The molecule has 1 aliphatic heterocycles. The summed E-state index contributed by atoms with van der Waals surface area (Å²) in [6.45, 7) is 8.87.